The average molecular weight is 359 g/mol. The Balaban J connectivity index is 1.88. The molecule has 0 aliphatic carbocycles. The second kappa shape index (κ2) is 6.76. The molecule has 1 aromatic carbocycles. The molecule has 0 radical (unpaired) electrons. The molecule has 0 saturated carbocycles. The lowest BCUT2D eigenvalue weighted by atomic mass is 9.98. The Morgan fingerprint density at radius 1 is 1.17 bits per heavy atom. The molecule has 5 nitrogen and oxygen atoms in total. The Labute approximate surface area is 140 Å². The number of ether oxygens (including phenoxy) is 1. The Hall–Kier alpha value is -2.16. The van der Waals surface area contributed by atoms with Crippen LogP contribution in [0.2, 0.25) is 0 Å². The van der Waals surface area contributed by atoms with Crippen LogP contribution in [-0.4, -0.2) is 22.7 Å². The molecule has 1 amide bonds. The molecule has 1 heterocycles. The Bertz CT molecular complexity index is 706. The van der Waals surface area contributed by atoms with Gasteiger partial charge in [0.05, 0.1) is 5.56 Å². The summed E-state index contributed by atoms with van der Waals surface area (Å²) in [4.78, 5) is 11.8. The van der Waals surface area contributed by atoms with Crippen molar-refractivity contribution in [3.8, 4) is 5.75 Å². The van der Waals surface area contributed by atoms with E-state index in [0.717, 1.165) is 17.1 Å². The maximum Gasteiger partial charge on any atom is 0.416 e. The summed E-state index contributed by atoms with van der Waals surface area (Å²) < 4.78 is 42.5. The van der Waals surface area contributed by atoms with Crippen molar-refractivity contribution < 1.29 is 22.7 Å². The number of halogens is 3. The number of amides is 1. The van der Waals surface area contributed by atoms with Gasteiger partial charge in [0.25, 0.3) is 5.91 Å². The average Bonchev–Trinajstić information content (AvgIpc) is 2.93. The molecule has 0 aliphatic heterocycles. The van der Waals surface area contributed by atoms with Crippen LogP contribution in [0.15, 0.2) is 24.3 Å². The zero-order valence-electron chi connectivity index (χ0n) is 13.3. The molecule has 1 N–H and O–H groups in total. The maximum atomic E-state index is 12.4. The summed E-state index contributed by atoms with van der Waals surface area (Å²) in [7, 11) is 0. The van der Waals surface area contributed by atoms with Gasteiger partial charge in [-0.1, -0.05) is 32.1 Å². The molecular weight excluding hydrogens is 343 g/mol. The van der Waals surface area contributed by atoms with E-state index >= 15 is 0 Å². The summed E-state index contributed by atoms with van der Waals surface area (Å²) in [6.45, 7) is 5.60. The number of aromatic nitrogens is 2. The van der Waals surface area contributed by atoms with Gasteiger partial charge in [0, 0.05) is 5.41 Å². The number of anilines is 1. The highest BCUT2D eigenvalue weighted by Crippen LogP contribution is 2.30. The zero-order chi connectivity index (χ0) is 18.0. The second-order valence-corrected chi connectivity index (χ2v) is 7.00. The highest BCUT2D eigenvalue weighted by Gasteiger charge is 2.30. The van der Waals surface area contributed by atoms with Gasteiger partial charge in [0.1, 0.15) is 10.8 Å². The van der Waals surface area contributed by atoms with E-state index in [0.29, 0.717) is 5.13 Å². The molecule has 0 saturated heterocycles. The predicted molar refractivity (Wildman–Crippen MR) is 84.2 cm³/mol. The normalized spacial score (nSPS) is 12.1. The number of nitrogens with zero attached hydrogens (tertiary/aromatic N) is 2. The minimum atomic E-state index is -4.40. The summed E-state index contributed by atoms with van der Waals surface area (Å²) in [5.74, 6) is -0.294. The predicted octanol–water partition coefficient (Wildman–Crippen LogP) is 3.87. The van der Waals surface area contributed by atoms with Crippen molar-refractivity contribution in [1.82, 2.24) is 10.2 Å². The number of hydrogen-bond acceptors (Lipinski definition) is 5. The molecule has 2 aromatic rings. The topological polar surface area (TPSA) is 64.1 Å². The van der Waals surface area contributed by atoms with Crippen molar-refractivity contribution >= 4 is 22.4 Å². The fourth-order valence-electron chi connectivity index (χ4n) is 1.62. The fourth-order valence-corrected chi connectivity index (χ4v) is 2.44. The second-order valence-electron chi connectivity index (χ2n) is 6.02. The fraction of sp³-hybridized carbons (Fsp3) is 0.400. The van der Waals surface area contributed by atoms with Gasteiger partial charge >= 0.3 is 6.18 Å². The van der Waals surface area contributed by atoms with Gasteiger partial charge in [0.15, 0.2) is 6.61 Å². The van der Waals surface area contributed by atoms with E-state index in [1.807, 2.05) is 20.8 Å². The van der Waals surface area contributed by atoms with E-state index in [1.165, 1.54) is 23.5 Å². The van der Waals surface area contributed by atoms with E-state index in [-0.39, 0.29) is 17.8 Å². The molecule has 0 bridgehead atoms. The molecule has 0 aliphatic rings. The monoisotopic (exact) mass is 359 g/mol. The summed E-state index contributed by atoms with van der Waals surface area (Å²) in [6.07, 6.45) is -4.40. The van der Waals surface area contributed by atoms with Crippen molar-refractivity contribution in [3.05, 3.63) is 34.8 Å². The van der Waals surface area contributed by atoms with E-state index in [1.54, 1.807) is 0 Å². The smallest absolute Gasteiger partial charge is 0.416 e. The maximum absolute atomic E-state index is 12.4. The molecular formula is C15H16F3N3O2S. The lowest BCUT2D eigenvalue weighted by Gasteiger charge is -2.12. The van der Waals surface area contributed by atoms with Crippen LogP contribution >= 0.6 is 11.3 Å². The number of nitrogens with one attached hydrogen (secondary N) is 1. The lowest BCUT2D eigenvalue weighted by Crippen LogP contribution is -2.20. The van der Waals surface area contributed by atoms with Crippen LogP contribution in [0.4, 0.5) is 18.3 Å². The first-order chi connectivity index (χ1) is 11.1. The summed E-state index contributed by atoms with van der Waals surface area (Å²) >= 11 is 1.26. The van der Waals surface area contributed by atoms with Crippen LogP contribution in [-0.2, 0) is 16.4 Å². The number of hydrogen-bond donors (Lipinski definition) is 1. The van der Waals surface area contributed by atoms with Crippen molar-refractivity contribution in [3.63, 3.8) is 0 Å². The van der Waals surface area contributed by atoms with Gasteiger partial charge < -0.3 is 4.74 Å². The van der Waals surface area contributed by atoms with E-state index in [9.17, 15) is 18.0 Å². The van der Waals surface area contributed by atoms with Crippen LogP contribution in [0.1, 0.15) is 31.3 Å². The van der Waals surface area contributed by atoms with Crippen LogP contribution in [0.5, 0.6) is 5.75 Å². The molecule has 0 fully saturated rings. The highest BCUT2D eigenvalue weighted by molar-refractivity contribution is 7.15. The van der Waals surface area contributed by atoms with Crippen LogP contribution < -0.4 is 10.1 Å². The zero-order valence-corrected chi connectivity index (χ0v) is 14.1. The third kappa shape index (κ3) is 4.92. The Morgan fingerprint density at radius 3 is 2.29 bits per heavy atom. The molecule has 0 unspecified atom stereocenters. The van der Waals surface area contributed by atoms with E-state index in [2.05, 4.69) is 15.5 Å². The quantitative estimate of drug-likeness (QED) is 0.900. The first-order valence-corrected chi connectivity index (χ1v) is 7.81. The van der Waals surface area contributed by atoms with Crippen molar-refractivity contribution in [1.29, 1.82) is 0 Å². The molecule has 9 heteroatoms. The Morgan fingerprint density at radius 2 is 1.79 bits per heavy atom. The summed E-state index contributed by atoms with van der Waals surface area (Å²) in [5.41, 5.74) is -0.944. The minimum absolute atomic E-state index is 0.169. The van der Waals surface area contributed by atoms with Crippen LogP contribution in [0, 0.1) is 0 Å². The summed E-state index contributed by atoms with van der Waals surface area (Å²) in [6, 6.07) is 4.12. The van der Waals surface area contributed by atoms with Gasteiger partial charge in [-0.2, -0.15) is 13.2 Å². The van der Waals surface area contributed by atoms with Crippen LogP contribution in [0.3, 0.4) is 0 Å². The largest absolute Gasteiger partial charge is 0.484 e. The van der Waals surface area contributed by atoms with E-state index < -0.39 is 17.6 Å². The first-order valence-electron chi connectivity index (χ1n) is 6.99. The number of rotatable bonds is 4. The van der Waals surface area contributed by atoms with Gasteiger partial charge in [-0.15, -0.1) is 10.2 Å². The van der Waals surface area contributed by atoms with Crippen molar-refractivity contribution in [2.24, 2.45) is 0 Å². The Kier molecular flexibility index (Phi) is 5.12. The summed E-state index contributed by atoms with van der Waals surface area (Å²) in [5, 5.41) is 11.5. The van der Waals surface area contributed by atoms with Gasteiger partial charge in [-0.05, 0) is 24.3 Å². The van der Waals surface area contributed by atoms with Gasteiger partial charge in [0.2, 0.25) is 5.13 Å². The number of benzene rings is 1. The third-order valence-electron chi connectivity index (χ3n) is 2.86. The standard InChI is InChI=1S/C15H16F3N3O2S/c1-14(2,3)12-20-21-13(24-12)19-11(22)8-23-10-6-4-9(5-7-10)15(16,17)18/h4-7H,8H2,1-3H3,(H,19,21,22). The molecule has 1 aromatic heterocycles. The van der Waals surface area contributed by atoms with Crippen molar-refractivity contribution in [2.45, 2.75) is 32.4 Å². The molecule has 0 spiro atoms. The number of carbonyl (C=O) groups is 1. The molecule has 130 valence electrons. The number of carbonyl (C=O) groups excluding carboxylic acids is 1. The highest BCUT2D eigenvalue weighted by atomic mass is 32.1. The van der Waals surface area contributed by atoms with Gasteiger partial charge in [-0.3, -0.25) is 10.1 Å². The SMILES string of the molecule is CC(C)(C)c1nnc(NC(=O)COc2ccc(C(F)(F)F)cc2)s1. The lowest BCUT2D eigenvalue weighted by molar-refractivity contribution is -0.137. The van der Waals surface area contributed by atoms with Crippen molar-refractivity contribution in [2.75, 3.05) is 11.9 Å². The van der Waals surface area contributed by atoms with Gasteiger partial charge in [-0.25, -0.2) is 0 Å². The minimum Gasteiger partial charge on any atom is -0.484 e. The molecule has 24 heavy (non-hydrogen) atoms. The first kappa shape index (κ1) is 18.2. The third-order valence-corrected chi connectivity index (χ3v) is 4.13. The molecule has 0 atom stereocenters. The molecule has 2 rings (SSSR count). The van der Waals surface area contributed by atoms with Crippen LogP contribution in [0.25, 0.3) is 0 Å². The van der Waals surface area contributed by atoms with E-state index in [4.69, 9.17) is 4.74 Å². The number of alkyl halides is 3.